The third-order valence-electron chi connectivity index (χ3n) is 6.22. The maximum absolute atomic E-state index is 12.7. The van der Waals surface area contributed by atoms with E-state index in [4.69, 9.17) is 44.3 Å². The van der Waals surface area contributed by atoms with Gasteiger partial charge in [-0.25, -0.2) is 10.4 Å². The van der Waals surface area contributed by atoms with Crippen LogP contribution in [0.1, 0.15) is 15.9 Å². The first-order chi connectivity index (χ1) is 22.2. The highest BCUT2D eigenvalue weighted by Gasteiger charge is 2.14. The number of rotatable bonds is 11. The highest BCUT2D eigenvalue weighted by molar-refractivity contribution is 9.10. The fourth-order valence-electron chi connectivity index (χ4n) is 4.01. The Morgan fingerprint density at radius 2 is 1.70 bits per heavy atom. The minimum atomic E-state index is -0.406. The largest absolute Gasteiger partial charge is 0.493 e. The van der Waals surface area contributed by atoms with E-state index in [1.807, 2.05) is 29.6 Å². The first kappa shape index (κ1) is 33.2. The number of benzene rings is 4. The van der Waals surface area contributed by atoms with E-state index >= 15 is 0 Å². The molecule has 0 aliphatic carbocycles. The van der Waals surface area contributed by atoms with Gasteiger partial charge in [-0.05, 0) is 88.2 Å². The molecule has 234 valence electrons. The van der Waals surface area contributed by atoms with Gasteiger partial charge in [-0.1, -0.05) is 46.9 Å². The van der Waals surface area contributed by atoms with Crippen LogP contribution >= 0.6 is 62.1 Å². The number of hydrogen-bond acceptors (Lipinski definition) is 8. The van der Waals surface area contributed by atoms with Crippen LogP contribution in [0.2, 0.25) is 15.1 Å². The molecule has 46 heavy (non-hydrogen) atoms. The number of nitrogens with zero attached hydrogens (tertiary/aromatic N) is 2. The molecule has 0 aliphatic heterocycles. The zero-order chi connectivity index (χ0) is 32.6. The molecule has 0 atom stereocenters. The molecule has 0 bridgehead atoms. The molecule has 0 unspecified atom stereocenters. The Bertz CT molecular complexity index is 1900. The van der Waals surface area contributed by atoms with Gasteiger partial charge in [-0.3, -0.25) is 9.59 Å². The molecule has 1 aromatic heterocycles. The Kier molecular flexibility index (Phi) is 11.2. The van der Waals surface area contributed by atoms with Crippen molar-refractivity contribution in [3.05, 3.63) is 115 Å². The highest BCUT2D eigenvalue weighted by Crippen LogP contribution is 2.36. The summed E-state index contributed by atoms with van der Waals surface area (Å²) in [6.45, 7) is -0.290. The standard InChI is InChI=1S/C32H23BrCl3N5O4S/c1-44-28-13-18(12-24(33)30(28)45-16-29(42)38-23-10-11-25(35)26(36)14-23)15-37-41-31(43)20-4-2-19(3-5-20)27-17-46-32(40-27)39-22-8-6-21(34)7-9-22/h2-15,17H,16H2,1H3,(H,38,42)(H,39,40)(H,41,43)/b37-15-. The Balaban J connectivity index is 1.15. The predicted molar refractivity (Wildman–Crippen MR) is 189 cm³/mol. The van der Waals surface area contributed by atoms with E-state index < -0.39 is 5.91 Å². The maximum atomic E-state index is 12.7. The number of ether oxygens (including phenoxy) is 2. The summed E-state index contributed by atoms with van der Waals surface area (Å²) in [4.78, 5) is 29.7. The summed E-state index contributed by atoms with van der Waals surface area (Å²) < 4.78 is 11.7. The smallest absolute Gasteiger partial charge is 0.271 e. The lowest BCUT2D eigenvalue weighted by molar-refractivity contribution is -0.118. The van der Waals surface area contributed by atoms with Gasteiger partial charge in [-0.2, -0.15) is 5.10 Å². The van der Waals surface area contributed by atoms with E-state index in [1.54, 1.807) is 54.6 Å². The molecule has 0 saturated carbocycles. The molecule has 2 amide bonds. The second-order valence-corrected chi connectivity index (χ2v) is 12.4. The van der Waals surface area contributed by atoms with E-state index in [-0.39, 0.29) is 12.5 Å². The number of nitrogens with one attached hydrogen (secondary N) is 3. The molecule has 0 fully saturated rings. The van der Waals surface area contributed by atoms with Crippen LogP contribution in [0.15, 0.2) is 93.8 Å². The lowest BCUT2D eigenvalue weighted by Crippen LogP contribution is -2.20. The van der Waals surface area contributed by atoms with Gasteiger partial charge in [0.15, 0.2) is 23.2 Å². The van der Waals surface area contributed by atoms with E-state index in [9.17, 15) is 9.59 Å². The van der Waals surface area contributed by atoms with Gasteiger partial charge >= 0.3 is 0 Å². The number of halogens is 4. The SMILES string of the molecule is COc1cc(/C=N\NC(=O)c2ccc(-c3csc(Nc4ccc(Cl)cc4)n3)cc2)cc(Br)c1OCC(=O)Nc1ccc(Cl)c(Cl)c1. The summed E-state index contributed by atoms with van der Waals surface area (Å²) in [5, 5.41) is 14.1. The number of carbonyl (C=O) groups excluding carboxylic acids is 2. The normalized spacial score (nSPS) is 10.9. The number of anilines is 3. The molecule has 0 spiro atoms. The molecule has 1 heterocycles. The summed E-state index contributed by atoms with van der Waals surface area (Å²) in [6, 6.07) is 22.6. The quantitative estimate of drug-likeness (QED) is 0.0915. The number of carbonyl (C=O) groups is 2. The molecule has 14 heteroatoms. The van der Waals surface area contributed by atoms with Gasteiger partial charge in [0.25, 0.3) is 11.8 Å². The average molecular weight is 760 g/mol. The van der Waals surface area contributed by atoms with E-state index in [0.717, 1.165) is 22.1 Å². The summed E-state index contributed by atoms with van der Waals surface area (Å²) in [6.07, 6.45) is 1.46. The average Bonchev–Trinajstić information content (AvgIpc) is 3.51. The van der Waals surface area contributed by atoms with Crippen LogP contribution in [0, 0.1) is 0 Å². The maximum Gasteiger partial charge on any atom is 0.271 e. The molecule has 4 aromatic carbocycles. The third kappa shape index (κ3) is 8.77. The van der Waals surface area contributed by atoms with E-state index in [2.05, 4.69) is 42.1 Å². The number of methoxy groups -OCH3 is 1. The van der Waals surface area contributed by atoms with Gasteiger partial charge in [0.2, 0.25) is 0 Å². The lowest BCUT2D eigenvalue weighted by atomic mass is 10.1. The Morgan fingerprint density at radius 1 is 0.957 bits per heavy atom. The van der Waals surface area contributed by atoms with Crippen LogP contribution in [-0.2, 0) is 4.79 Å². The molecule has 5 aromatic rings. The van der Waals surface area contributed by atoms with Crippen LogP contribution < -0.4 is 25.5 Å². The van der Waals surface area contributed by atoms with Crippen LogP contribution in [0.3, 0.4) is 0 Å². The fraction of sp³-hybridized carbons (Fsp3) is 0.0625. The van der Waals surface area contributed by atoms with Crippen LogP contribution in [0.25, 0.3) is 11.3 Å². The zero-order valence-corrected chi connectivity index (χ0v) is 28.5. The van der Waals surface area contributed by atoms with Crippen molar-refractivity contribution in [3.63, 3.8) is 0 Å². The van der Waals surface area contributed by atoms with Crippen molar-refractivity contribution in [2.45, 2.75) is 0 Å². The molecular weight excluding hydrogens is 737 g/mol. The first-order valence-corrected chi connectivity index (χ1v) is 16.2. The topological polar surface area (TPSA) is 114 Å². The fourth-order valence-corrected chi connectivity index (χ4v) is 5.74. The summed E-state index contributed by atoms with van der Waals surface area (Å²) >= 11 is 22.8. The minimum Gasteiger partial charge on any atom is -0.493 e. The number of amides is 2. The van der Waals surface area contributed by atoms with Gasteiger partial charge in [0, 0.05) is 32.9 Å². The zero-order valence-electron chi connectivity index (χ0n) is 23.8. The molecule has 0 saturated heterocycles. The van der Waals surface area contributed by atoms with E-state index in [1.165, 1.54) is 24.7 Å². The second-order valence-electron chi connectivity index (χ2n) is 9.45. The van der Waals surface area contributed by atoms with Crippen molar-refractivity contribution in [3.8, 4) is 22.8 Å². The van der Waals surface area contributed by atoms with Gasteiger partial charge in [0.05, 0.1) is 33.5 Å². The molecule has 9 nitrogen and oxygen atoms in total. The van der Waals surface area contributed by atoms with Crippen molar-refractivity contribution in [1.82, 2.24) is 10.4 Å². The van der Waals surface area contributed by atoms with Crippen LogP contribution in [0.4, 0.5) is 16.5 Å². The molecule has 5 rings (SSSR count). The van der Waals surface area contributed by atoms with E-state index in [0.29, 0.717) is 47.9 Å². The van der Waals surface area contributed by atoms with Crippen molar-refractivity contribution in [2.75, 3.05) is 24.4 Å². The van der Waals surface area contributed by atoms with Gasteiger partial charge < -0.3 is 20.1 Å². The molecular formula is C32H23BrCl3N5O4S. The molecule has 0 radical (unpaired) electrons. The number of hydrogen-bond donors (Lipinski definition) is 3. The van der Waals surface area contributed by atoms with Crippen molar-refractivity contribution < 1.29 is 19.1 Å². The first-order valence-electron chi connectivity index (χ1n) is 13.4. The summed E-state index contributed by atoms with van der Waals surface area (Å²) in [7, 11) is 1.47. The lowest BCUT2D eigenvalue weighted by Gasteiger charge is -2.13. The highest BCUT2D eigenvalue weighted by atomic mass is 79.9. The van der Waals surface area contributed by atoms with Crippen molar-refractivity contribution in [1.29, 1.82) is 0 Å². The minimum absolute atomic E-state index is 0.290. The van der Waals surface area contributed by atoms with Crippen LogP contribution in [-0.4, -0.2) is 36.7 Å². The predicted octanol–water partition coefficient (Wildman–Crippen LogP) is 9.07. The molecule has 3 N–H and O–H groups in total. The summed E-state index contributed by atoms with van der Waals surface area (Å²) in [5.74, 6) is -0.115. The third-order valence-corrected chi connectivity index (χ3v) is 8.56. The van der Waals surface area contributed by atoms with Crippen molar-refractivity contribution >= 4 is 96.6 Å². The second kappa shape index (κ2) is 15.4. The van der Waals surface area contributed by atoms with Crippen molar-refractivity contribution in [2.24, 2.45) is 5.10 Å². The Morgan fingerprint density at radius 3 is 2.41 bits per heavy atom. The summed E-state index contributed by atoms with van der Waals surface area (Å²) in [5.41, 5.74) is 6.58. The Hall–Kier alpha value is -4.13. The van der Waals surface area contributed by atoms with Gasteiger partial charge in [0.1, 0.15) is 0 Å². The molecule has 0 aliphatic rings. The number of thiazole rings is 1. The van der Waals surface area contributed by atoms with Gasteiger partial charge in [-0.15, -0.1) is 11.3 Å². The monoisotopic (exact) mass is 757 g/mol. The Labute approximate surface area is 291 Å². The number of aromatic nitrogens is 1. The number of hydrazone groups is 1. The van der Waals surface area contributed by atoms with Crippen LogP contribution in [0.5, 0.6) is 11.5 Å².